The standard InChI is InChI=1S/C18H29N7O3/c1-5-25-14(8-10-22-25)17(28)23-13(2)15-11-20-21-12-18(3,24(15)4)19-9-6-7-16(26)27/h8-13,17,20,23,28H,5-7H2,1-4H3,(H,26,27)/b19-9-/t13-,17?,18?/m0/s1. The highest BCUT2D eigenvalue weighted by Gasteiger charge is 2.32. The number of nitrogens with one attached hydrogen (secondary N) is 2. The van der Waals surface area contributed by atoms with Crippen LogP contribution in [0.15, 0.2) is 34.3 Å². The fraction of sp³-hybridized carbons (Fsp3) is 0.556. The Morgan fingerprint density at radius 3 is 2.96 bits per heavy atom. The first-order valence-electron chi connectivity index (χ1n) is 9.23. The average molecular weight is 391 g/mol. The molecular formula is C18H29N7O3. The van der Waals surface area contributed by atoms with Gasteiger partial charge in [0.15, 0.2) is 5.66 Å². The molecule has 4 N–H and O–H groups in total. The second kappa shape index (κ2) is 9.47. The number of hydrazone groups is 1. The van der Waals surface area contributed by atoms with Gasteiger partial charge in [-0.3, -0.25) is 25.2 Å². The highest BCUT2D eigenvalue weighted by atomic mass is 16.4. The molecular weight excluding hydrogens is 362 g/mol. The van der Waals surface area contributed by atoms with Crippen LogP contribution < -0.4 is 10.7 Å². The number of aryl methyl sites for hydroxylation is 1. The van der Waals surface area contributed by atoms with Crippen LogP contribution in [0.3, 0.4) is 0 Å². The molecule has 1 aromatic rings. The number of carboxylic acid groups (broad SMARTS) is 1. The molecule has 2 unspecified atom stereocenters. The minimum atomic E-state index is -0.888. The fourth-order valence-electron chi connectivity index (χ4n) is 2.93. The summed E-state index contributed by atoms with van der Waals surface area (Å²) >= 11 is 0. The predicted molar refractivity (Wildman–Crippen MR) is 107 cm³/mol. The molecule has 2 rings (SSSR count). The van der Waals surface area contributed by atoms with E-state index in [2.05, 4.69) is 25.9 Å². The van der Waals surface area contributed by atoms with Gasteiger partial charge < -0.3 is 15.1 Å². The number of aliphatic imine (C=N–C) groups is 1. The first-order chi connectivity index (χ1) is 13.3. The SMILES string of the molecule is CCn1nccc1C(O)N[C@@H](C)C1=CNN=CC(C)(/N=C\CCC(=O)O)N1C. The van der Waals surface area contributed by atoms with Crippen molar-refractivity contribution in [3.8, 4) is 0 Å². The number of nitrogens with zero attached hydrogens (tertiary/aromatic N) is 5. The van der Waals surface area contributed by atoms with Gasteiger partial charge in [-0.2, -0.15) is 10.2 Å². The van der Waals surface area contributed by atoms with Gasteiger partial charge in [0.1, 0.15) is 6.23 Å². The van der Waals surface area contributed by atoms with Gasteiger partial charge >= 0.3 is 5.97 Å². The van der Waals surface area contributed by atoms with Crippen molar-refractivity contribution in [1.29, 1.82) is 0 Å². The second-order valence-electron chi connectivity index (χ2n) is 6.72. The molecule has 0 fully saturated rings. The van der Waals surface area contributed by atoms with Crippen LogP contribution in [-0.2, 0) is 11.3 Å². The molecule has 0 bridgehead atoms. The molecule has 1 aliphatic heterocycles. The van der Waals surface area contributed by atoms with E-state index in [1.165, 1.54) is 0 Å². The zero-order valence-corrected chi connectivity index (χ0v) is 16.7. The van der Waals surface area contributed by atoms with Gasteiger partial charge in [-0.25, -0.2) is 0 Å². The number of aliphatic carboxylic acids is 1. The first-order valence-corrected chi connectivity index (χ1v) is 9.23. The quantitative estimate of drug-likeness (QED) is 0.363. The molecule has 154 valence electrons. The number of likely N-dealkylation sites (N-methyl/N-ethyl adjacent to an activating group) is 1. The summed E-state index contributed by atoms with van der Waals surface area (Å²) in [6.45, 7) is 6.43. The van der Waals surface area contributed by atoms with E-state index in [0.29, 0.717) is 18.7 Å². The monoisotopic (exact) mass is 391 g/mol. The van der Waals surface area contributed by atoms with Crippen LogP contribution in [0.25, 0.3) is 0 Å². The Morgan fingerprint density at radius 1 is 1.54 bits per heavy atom. The number of carboxylic acids is 1. The Hall–Kier alpha value is -2.72. The van der Waals surface area contributed by atoms with Gasteiger partial charge in [0.25, 0.3) is 0 Å². The van der Waals surface area contributed by atoms with Gasteiger partial charge in [-0.15, -0.1) is 0 Å². The second-order valence-corrected chi connectivity index (χ2v) is 6.72. The van der Waals surface area contributed by atoms with E-state index >= 15 is 0 Å². The lowest BCUT2D eigenvalue weighted by molar-refractivity contribution is -0.136. The molecule has 0 aliphatic carbocycles. The van der Waals surface area contributed by atoms with Crippen LogP contribution >= 0.6 is 0 Å². The van der Waals surface area contributed by atoms with E-state index in [4.69, 9.17) is 5.11 Å². The summed E-state index contributed by atoms with van der Waals surface area (Å²) in [4.78, 5) is 17.1. The van der Waals surface area contributed by atoms with Gasteiger partial charge in [0, 0.05) is 38.2 Å². The Labute approximate surface area is 164 Å². The smallest absolute Gasteiger partial charge is 0.303 e. The largest absolute Gasteiger partial charge is 0.481 e. The summed E-state index contributed by atoms with van der Waals surface area (Å²) in [5.41, 5.74) is 3.59. The van der Waals surface area contributed by atoms with E-state index in [1.54, 1.807) is 35.6 Å². The number of hydrogen-bond donors (Lipinski definition) is 4. The Kier molecular flexibility index (Phi) is 7.30. The minimum Gasteiger partial charge on any atom is -0.481 e. The molecule has 10 nitrogen and oxygen atoms in total. The summed E-state index contributed by atoms with van der Waals surface area (Å²) in [7, 11) is 1.88. The molecule has 0 aromatic carbocycles. The van der Waals surface area contributed by atoms with E-state index < -0.39 is 17.9 Å². The van der Waals surface area contributed by atoms with Crippen molar-refractivity contribution < 1.29 is 15.0 Å². The number of hydrogen-bond acceptors (Lipinski definition) is 8. The summed E-state index contributed by atoms with van der Waals surface area (Å²) in [5, 5.41) is 30.8. The number of aliphatic hydroxyl groups is 1. The third kappa shape index (κ3) is 5.17. The van der Waals surface area contributed by atoms with Crippen molar-refractivity contribution in [1.82, 2.24) is 25.4 Å². The van der Waals surface area contributed by atoms with E-state index in [-0.39, 0.29) is 12.5 Å². The maximum atomic E-state index is 10.7. The number of carbonyl (C=O) groups is 1. The molecule has 0 amide bonds. The molecule has 0 saturated carbocycles. The number of rotatable bonds is 9. The summed E-state index contributed by atoms with van der Waals surface area (Å²) < 4.78 is 1.73. The molecule has 3 atom stereocenters. The topological polar surface area (TPSA) is 127 Å². The highest BCUT2D eigenvalue weighted by Crippen LogP contribution is 2.23. The number of aliphatic hydroxyl groups excluding tert-OH is 1. The van der Waals surface area contributed by atoms with Crippen molar-refractivity contribution in [3.05, 3.63) is 29.9 Å². The summed E-state index contributed by atoms with van der Waals surface area (Å²) in [5.74, 6) is -0.861. The van der Waals surface area contributed by atoms with Crippen molar-refractivity contribution >= 4 is 18.4 Å². The van der Waals surface area contributed by atoms with E-state index in [0.717, 1.165) is 5.70 Å². The van der Waals surface area contributed by atoms with Crippen molar-refractivity contribution in [2.75, 3.05) is 7.05 Å². The summed E-state index contributed by atoms with van der Waals surface area (Å²) in [6, 6.07) is 1.54. The summed E-state index contributed by atoms with van der Waals surface area (Å²) in [6.07, 6.45) is 6.14. The molecule has 0 saturated heterocycles. The van der Waals surface area contributed by atoms with Crippen molar-refractivity contribution in [2.24, 2.45) is 10.1 Å². The third-order valence-corrected chi connectivity index (χ3v) is 4.68. The molecule has 0 spiro atoms. The van der Waals surface area contributed by atoms with Crippen molar-refractivity contribution in [3.63, 3.8) is 0 Å². The van der Waals surface area contributed by atoms with Crippen LogP contribution in [0.2, 0.25) is 0 Å². The predicted octanol–water partition coefficient (Wildman–Crippen LogP) is 0.886. The van der Waals surface area contributed by atoms with Gasteiger partial charge in [-0.05, 0) is 33.3 Å². The lowest BCUT2D eigenvalue weighted by Crippen LogP contribution is -2.48. The first kappa shape index (κ1) is 21.6. The van der Waals surface area contributed by atoms with E-state index in [9.17, 15) is 9.90 Å². The van der Waals surface area contributed by atoms with Crippen LogP contribution in [0.4, 0.5) is 0 Å². The molecule has 1 aromatic heterocycles. The van der Waals surface area contributed by atoms with Crippen molar-refractivity contribution in [2.45, 2.75) is 58.1 Å². The zero-order chi connectivity index (χ0) is 20.7. The lowest BCUT2D eigenvalue weighted by atomic mass is 10.1. The van der Waals surface area contributed by atoms with Crippen LogP contribution in [-0.4, -0.2) is 62.0 Å². The Bertz CT molecular complexity index is 758. The molecule has 28 heavy (non-hydrogen) atoms. The lowest BCUT2D eigenvalue weighted by Gasteiger charge is -2.37. The van der Waals surface area contributed by atoms with Crippen LogP contribution in [0.1, 0.15) is 45.5 Å². The number of aromatic nitrogens is 2. The third-order valence-electron chi connectivity index (χ3n) is 4.68. The highest BCUT2D eigenvalue weighted by molar-refractivity contribution is 5.76. The normalized spacial score (nSPS) is 21.9. The fourth-order valence-corrected chi connectivity index (χ4v) is 2.93. The maximum Gasteiger partial charge on any atom is 0.303 e. The van der Waals surface area contributed by atoms with Crippen LogP contribution in [0, 0.1) is 0 Å². The zero-order valence-electron chi connectivity index (χ0n) is 16.7. The molecule has 10 heteroatoms. The van der Waals surface area contributed by atoms with Gasteiger partial charge in [-0.1, -0.05) is 0 Å². The molecule has 1 aliphatic rings. The van der Waals surface area contributed by atoms with Crippen LogP contribution in [0.5, 0.6) is 0 Å². The molecule has 0 radical (unpaired) electrons. The van der Waals surface area contributed by atoms with Gasteiger partial charge in [0.05, 0.1) is 24.0 Å². The maximum absolute atomic E-state index is 10.7. The minimum absolute atomic E-state index is 0.0244. The molecule has 2 heterocycles. The Morgan fingerprint density at radius 2 is 2.29 bits per heavy atom. The van der Waals surface area contributed by atoms with E-state index in [1.807, 2.05) is 32.7 Å². The van der Waals surface area contributed by atoms with Gasteiger partial charge in [0.2, 0.25) is 0 Å². The average Bonchev–Trinajstić information content (AvgIpc) is 3.08. The Balaban J connectivity index is 2.11.